The summed E-state index contributed by atoms with van der Waals surface area (Å²) < 4.78 is 38.5. The Kier molecular flexibility index (Phi) is 4.74. The number of hydrogen-bond acceptors (Lipinski definition) is 4. The molecule has 0 radical (unpaired) electrons. The summed E-state index contributed by atoms with van der Waals surface area (Å²) in [6.07, 6.45) is 0.0831. The third-order valence-electron chi connectivity index (χ3n) is 5.33. The number of halogens is 3. The minimum atomic E-state index is -4.52. The lowest BCUT2D eigenvalue weighted by atomic mass is 9.83. The van der Waals surface area contributed by atoms with Crippen LogP contribution in [0.3, 0.4) is 0 Å². The molecule has 2 aliphatic rings. The van der Waals surface area contributed by atoms with Crippen molar-refractivity contribution in [1.82, 2.24) is 25.0 Å². The van der Waals surface area contributed by atoms with E-state index in [1.165, 1.54) is 6.07 Å². The lowest BCUT2D eigenvalue weighted by Crippen LogP contribution is -2.48. The highest BCUT2D eigenvalue weighted by Crippen LogP contribution is 2.35. The van der Waals surface area contributed by atoms with Crippen LogP contribution in [0, 0.1) is 5.92 Å². The molecular weight excluding hydrogens is 375 g/mol. The fraction of sp³-hybridized carbons (Fsp3) is 0.500. The Hall–Kier alpha value is -2.62. The summed E-state index contributed by atoms with van der Waals surface area (Å²) in [5.74, 6) is -0.585. The number of hydrogen-bond donors (Lipinski definition) is 2. The molecule has 2 bridgehead atoms. The van der Waals surface area contributed by atoms with E-state index in [1.807, 2.05) is 6.20 Å². The first-order chi connectivity index (χ1) is 13.3. The number of nitrogens with zero attached hydrogens (tertiary/aromatic N) is 3. The molecule has 0 saturated carbocycles. The van der Waals surface area contributed by atoms with Gasteiger partial charge in [0.15, 0.2) is 0 Å². The Morgan fingerprint density at radius 1 is 1.29 bits per heavy atom. The Balaban J connectivity index is 1.53. The molecule has 0 aliphatic carbocycles. The monoisotopic (exact) mass is 395 g/mol. The van der Waals surface area contributed by atoms with Gasteiger partial charge in [0, 0.05) is 49.6 Å². The zero-order valence-corrected chi connectivity index (χ0v) is 15.0. The van der Waals surface area contributed by atoms with Gasteiger partial charge >= 0.3 is 6.18 Å². The van der Waals surface area contributed by atoms with E-state index in [0.29, 0.717) is 6.54 Å². The molecule has 1 fully saturated rings. The minimum Gasteiger partial charge on any atom is -0.343 e. The molecule has 4 rings (SSSR count). The average molecular weight is 395 g/mol. The van der Waals surface area contributed by atoms with E-state index in [2.05, 4.69) is 15.1 Å². The number of amides is 1. The number of likely N-dealkylation sites (tertiary alicyclic amines) is 1. The number of piperidine rings is 1. The molecule has 2 N–H and O–H groups in total. The second-order valence-electron chi connectivity index (χ2n) is 7.48. The fourth-order valence-electron chi connectivity index (χ4n) is 4.24. The summed E-state index contributed by atoms with van der Waals surface area (Å²) in [6.45, 7) is 1.37. The average Bonchev–Trinajstić information content (AvgIpc) is 3.13. The molecule has 7 nitrogen and oxygen atoms in total. The van der Waals surface area contributed by atoms with Gasteiger partial charge in [-0.3, -0.25) is 19.6 Å². The van der Waals surface area contributed by atoms with Crippen molar-refractivity contribution in [3.8, 4) is 0 Å². The van der Waals surface area contributed by atoms with E-state index in [-0.39, 0.29) is 17.4 Å². The lowest BCUT2D eigenvalue weighted by molar-refractivity contribution is -0.123. The maximum Gasteiger partial charge on any atom is 0.405 e. The van der Waals surface area contributed by atoms with Crippen LogP contribution in [0.1, 0.15) is 34.0 Å². The van der Waals surface area contributed by atoms with Crippen molar-refractivity contribution >= 4 is 5.91 Å². The highest BCUT2D eigenvalue weighted by Gasteiger charge is 2.35. The number of aromatic nitrogens is 3. The van der Waals surface area contributed by atoms with Crippen molar-refractivity contribution in [3.63, 3.8) is 0 Å². The van der Waals surface area contributed by atoms with Crippen LogP contribution in [0.5, 0.6) is 0 Å². The Labute approximate surface area is 158 Å². The van der Waals surface area contributed by atoms with Gasteiger partial charge in [0.1, 0.15) is 12.1 Å². The summed E-state index contributed by atoms with van der Waals surface area (Å²) in [7, 11) is 0. The van der Waals surface area contributed by atoms with E-state index in [9.17, 15) is 22.8 Å². The maximum atomic E-state index is 12.7. The third-order valence-corrected chi connectivity index (χ3v) is 5.33. The van der Waals surface area contributed by atoms with Gasteiger partial charge in [0.05, 0.1) is 6.20 Å². The van der Waals surface area contributed by atoms with Crippen LogP contribution >= 0.6 is 0 Å². The van der Waals surface area contributed by atoms with E-state index in [1.54, 1.807) is 22.1 Å². The van der Waals surface area contributed by atoms with Crippen molar-refractivity contribution in [2.24, 2.45) is 5.92 Å². The van der Waals surface area contributed by atoms with Gasteiger partial charge < -0.3 is 9.88 Å². The van der Waals surface area contributed by atoms with Crippen molar-refractivity contribution < 1.29 is 18.0 Å². The Morgan fingerprint density at radius 3 is 2.82 bits per heavy atom. The summed E-state index contributed by atoms with van der Waals surface area (Å²) in [5.41, 5.74) is 1.16. The number of carbonyl (C=O) groups excluding carboxylic acids is 1. The quantitative estimate of drug-likeness (QED) is 0.822. The van der Waals surface area contributed by atoms with Crippen LogP contribution < -0.4 is 10.9 Å². The molecule has 0 unspecified atom stereocenters. The highest BCUT2D eigenvalue weighted by atomic mass is 19.4. The molecule has 0 spiro atoms. The molecule has 2 aromatic rings. The normalized spacial score (nSPS) is 22.0. The summed E-state index contributed by atoms with van der Waals surface area (Å²) in [4.78, 5) is 27.1. The van der Waals surface area contributed by atoms with Gasteiger partial charge in [0.2, 0.25) is 0 Å². The summed E-state index contributed by atoms with van der Waals surface area (Å²) >= 11 is 0. The summed E-state index contributed by atoms with van der Waals surface area (Å²) in [5, 5.41) is 8.53. The first-order valence-electron chi connectivity index (χ1n) is 9.09. The molecule has 2 aromatic heterocycles. The van der Waals surface area contributed by atoms with Crippen molar-refractivity contribution in [1.29, 1.82) is 0 Å². The molecule has 150 valence electrons. The highest BCUT2D eigenvalue weighted by molar-refractivity contribution is 5.93. The van der Waals surface area contributed by atoms with E-state index in [0.717, 1.165) is 37.3 Å². The van der Waals surface area contributed by atoms with Crippen molar-refractivity contribution in [3.05, 3.63) is 51.7 Å². The molecule has 2 aliphatic heterocycles. The van der Waals surface area contributed by atoms with E-state index in [4.69, 9.17) is 0 Å². The third kappa shape index (κ3) is 3.82. The molecular formula is C18H20F3N5O2. The molecule has 4 heterocycles. The SMILES string of the molecule is O=C(NCC(F)(F)F)c1ccc2n(c1=O)C[C@H]1C[C@@H]2CN(Cc2cn[nH]c2)C1. The second kappa shape index (κ2) is 7.08. The minimum absolute atomic E-state index is 0.152. The number of rotatable bonds is 4. The van der Waals surface area contributed by atoms with Crippen LogP contribution in [0.4, 0.5) is 13.2 Å². The number of H-pyrrole nitrogens is 1. The molecule has 2 atom stereocenters. The molecule has 1 saturated heterocycles. The lowest BCUT2D eigenvalue weighted by Gasteiger charge is -2.42. The van der Waals surface area contributed by atoms with Crippen LogP contribution in [-0.2, 0) is 13.1 Å². The second-order valence-corrected chi connectivity index (χ2v) is 7.48. The number of alkyl halides is 3. The Morgan fingerprint density at radius 2 is 2.11 bits per heavy atom. The first kappa shape index (κ1) is 18.7. The van der Waals surface area contributed by atoms with E-state index < -0.39 is 24.2 Å². The van der Waals surface area contributed by atoms with Crippen LogP contribution in [0.2, 0.25) is 0 Å². The zero-order valence-electron chi connectivity index (χ0n) is 15.0. The van der Waals surface area contributed by atoms with Crippen molar-refractivity contribution in [2.45, 2.75) is 31.6 Å². The van der Waals surface area contributed by atoms with E-state index >= 15 is 0 Å². The predicted molar refractivity (Wildman–Crippen MR) is 93.8 cm³/mol. The van der Waals surface area contributed by atoms with Crippen molar-refractivity contribution in [2.75, 3.05) is 19.6 Å². The van der Waals surface area contributed by atoms with Gasteiger partial charge in [-0.05, 0) is 24.5 Å². The molecule has 1 amide bonds. The number of carbonyl (C=O) groups is 1. The molecule has 0 aromatic carbocycles. The number of fused-ring (bicyclic) bond motifs is 4. The smallest absolute Gasteiger partial charge is 0.343 e. The largest absolute Gasteiger partial charge is 0.405 e. The van der Waals surface area contributed by atoms with Crippen LogP contribution in [0.15, 0.2) is 29.3 Å². The molecule has 28 heavy (non-hydrogen) atoms. The first-order valence-corrected chi connectivity index (χ1v) is 9.09. The maximum absolute atomic E-state index is 12.7. The number of aromatic amines is 1. The Bertz CT molecular complexity index is 922. The van der Waals surface area contributed by atoms with Gasteiger partial charge in [0.25, 0.3) is 11.5 Å². The van der Waals surface area contributed by atoms with Gasteiger partial charge in [-0.15, -0.1) is 0 Å². The standard InChI is InChI=1S/C18H20F3N5O2/c19-18(20,21)10-22-16(27)14-1-2-15-13-3-11(8-26(15)17(14)28)6-25(9-13)7-12-4-23-24-5-12/h1-2,4-5,11,13H,3,6-10H2,(H,22,27)(H,23,24)/t11-,13+/m0/s1. The topological polar surface area (TPSA) is 83.0 Å². The van der Waals surface area contributed by atoms with Gasteiger partial charge in [-0.25, -0.2) is 0 Å². The fourth-order valence-corrected chi connectivity index (χ4v) is 4.24. The predicted octanol–water partition coefficient (Wildman–Crippen LogP) is 1.48. The zero-order chi connectivity index (χ0) is 19.9. The van der Waals surface area contributed by atoms with Crippen LogP contribution in [0.25, 0.3) is 0 Å². The number of pyridine rings is 1. The van der Waals surface area contributed by atoms with Crippen LogP contribution in [-0.4, -0.2) is 51.4 Å². The molecule has 10 heteroatoms. The summed E-state index contributed by atoms with van der Waals surface area (Å²) in [6, 6.07) is 3.04. The van der Waals surface area contributed by atoms with Gasteiger partial charge in [-0.1, -0.05) is 0 Å². The van der Waals surface area contributed by atoms with Gasteiger partial charge in [-0.2, -0.15) is 18.3 Å². The number of nitrogens with one attached hydrogen (secondary N) is 2.